The van der Waals surface area contributed by atoms with Crippen molar-refractivity contribution >= 4 is 17.3 Å². The van der Waals surface area contributed by atoms with Crippen LogP contribution in [-0.2, 0) is 11.2 Å². The van der Waals surface area contributed by atoms with E-state index < -0.39 is 0 Å². The van der Waals surface area contributed by atoms with Crippen molar-refractivity contribution in [3.05, 3.63) is 60.2 Å². The lowest BCUT2D eigenvalue weighted by Gasteiger charge is -2.23. The Morgan fingerprint density at radius 2 is 1.86 bits per heavy atom. The van der Waals surface area contributed by atoms with Gasteiger partial charge in [0.2, 0.25) is 5.91 Å². The molecule has 0 bridgehead atoms. The van der Waals surface area contributed by atoms with E-state index in [4.69, 9.17) is 0 Å². The summed E-state index contributed by atoms with van der Waals surface area (Å²) in [5.74, 6) is -0.0377. The van der Waals surface area contributed by atoms with Crippen LogP contribution in [0.5, 0.6) is 0 Å². The molecule has 0 heterocycles. The highest BCUT2D eigenvalue weighted by molar-refractivity contribution is 5.89. The SMILES string of the molecule is CCN(CCCc1ccccc1)c1cccc(NC(C)=O)c1. The molecule has 0 saturated carbocycles. The largest absolute Gasteiger partial charge is 0.372 e. The van der Waals surface area contributed by atoms with E-state index >= 15 is 0 Å². The molecule has 0 unspecified atom stereocenters. The van der Waals surface area contributed by atoms with Gasteiger partial charge in [-0.3, -0.25) is 4.79 Å². The maximum absolute atomic E-state index is 11.2. The van der Waals surface area contributed by atoms with E-state index in [1.54, 1.807) is 0 Å². The molecule has 1 N–H and O–H groups in total. The van der Waals surface area contributed by atoms with Gasteiger partial charge in [-0.25, -0.2) is 0 Å². The number of hydrogen-bond acceptors (Lipinski definition) is 2. The van der Waals surface area contributed by atoms with E-state index in [0.717, 1.165) is 37.3 Å². The van der Waals surface area contributed by atoms with Crippen molar-refractivity contribution in [1.82, 2.24) is 0 Å². The van der Waals surface area contributed by atoms with E-state index in [-0.39, 0.29) is 5.91 Å². The molecule has 3 nitrogen and oxygen atoms in total. The van der Waals surface area contributed by atoms with Gasteiger partial charge in [-0.05, 0) is 43.5 Å². The monoisotopic (exact) mass is 296 g/mol. The molecule has 0 atom stereocenters. The highest BCUT2D eigenvalue weighted by Crippen LogP contribution is 2.20. The van der Waals surface area contributed by atoms with E-state index in [9.17, 15) is 4.79 Å². The third-order valence-corrected chi connectivity index (χ3v) is 3.65. The molecule has 0 aromatic heterocycles. The van der Waals surface area contributed by atoms with E-state index in [1.165, 1.54) is 12.5 Å². The summed E-state index contributed by atoms with van der Waals surface area (Å²) < 4.78 is 0. The van der Waals surface area contributed by atoms with Gasteiger partial charge in [-0.15, -0.1) is 0 Å². The van der Waals surface area contributed by atoms with Crippen LogP contribution in [0.1, 0.15) is 25.8 Å². The number of carbonyl (C=O) groups excluding carboxylic acids is 1. The standard InChI is InChI=1S/C19H24N2O/c1-3-21(14-8-11-17-9-5-4-6-10-17)19-13-7-12-18(15-19)20-16(2)22/h4-7,9-10,12-13,15H,3,8,11,14H2,1-2H3,(H,20,22). The second-order valence-corrected chi connectivity index (χ2v) is 5.40. The summed E-state index contributed by atoms with van der Waals surface area (Å²) in [5.41, 5.74) is 3.39. The van der Waals surface area contributed by atoms with Gasteiger partial charge in [0.05, 0.1) is 0 Å². The van der Waals surface area contributed by atoms with Crippen molar-refractivity contribution < 1.29 is 4.79 Å². The number of aryl methyl sites for hydroxylation is 1. The Morgan fingerprint density at radius 1 is 1.09 bits per heavy atom. The predicted octanol–water partition coefficient (Wildman–Crippen LogP) is 4.10. The van der Waals surface area contributed by atoms with Crippen molar-refractivity contribution in [1.29, 1.82) is 0 Å². The summed E-state index contributed by atoms with van der Waals surface area (Å²) in [6, 6.07) is 18.6. The number of nitrogens with zero attached hydrogens (tertiary/aromatic N) is 1. The first-order valence-electron chi connectivity index (χ1n) is 7.85. The normalized spacial score (nSPS) is 10.3. The Morgan fingerprint density at radius 3 is 2.55 bits per heavy atom. The minimum atomic E-state index is -0.0377. The Bertz CT molecular complexity index is 595. The number of anilines is 2. The van der Waals surface area contributed by atoms with Gasteiger partial charge in [0.15, 0.2) is 0 Å². The topological polar surface area (TPSA) is 32.3 Å². The van der Waals surface area contributed by atoms with Crippen molar-refractivity contribution in [2.24, 2.45) is 0 Å². The zero-order valence-corrected chi connectivity index (χ0v) is 13.4. The molecule has 0 aliphatic heterocycles. The molecule has 2 aromatic rings. The van der Waals surface area contributed by atoms with Crippen LogP contribution in [0.2, 0.25) is 0 Å². The first kappa shape index (κ1) is 16.1. The van der Waals surface area contributed by atoms with Crippen molar-refractivity contribution in [3.8, 4) is 0 Å². The lowest BCUT2D eigenvalue weighted by molar-refractivity contribution is -0.114. The highest BCUT2D eigenvalue weighted by atomic mass is 16.1. The van der Waals surface area contributed by atoms with Crippen LogP contribution >= 0.6 is 0 Å². The summed E-state index contributed by atoms with van der Waals surface area (Å²) in [7, 11) is 0. The Balaban J connectivity index is 1.94. The van der Waals surface area contributed by atoms with Crippen LogP contribution in [0.25, 0.3) is 0 Å². The summed E-state index contributed by atoms with van der Waals surface area (Å²) in [6.07, 6.45) is 2.20. The average molecular weight is 296 g/mol. The number of benzene rings is 2. The van der Waals surface area contributed by atoms with Gasteiger partial charge in [-0.1, -0.05) is 36.4 Å². The quantitative estimate of drug-likeness (QED) is 0.834. The highest BCUT2D eigenvalue weighted by Gasteiger charge is 2.05. The zero-order valence-electron chi connectivity index (χ0n) is 13.4. The van der Waals surface area contributed by atoms with Gasteiger partial charge < -0.3 is 10.2 Å². The zero-order chi connectivity index (χ0) is 15.8. The molecule has 0 aliphatic rings. The van der Waals surface area contributed by atoms with Crippen molar-refractivity contribution in [3.63, 3.8) is 0 Å². The van der Waals surface area contributed by atoms with Gasteiger partial charge >= 0.3 is 0 Å². The second kappa shape index (κ2) is 8.23. The first-order valence-corrected chi connectivity index (χ1v) is 7.85. The minimum absolute atomic E-state index is 0.0377. The molecule has 3 heteroatoms. The fraction of sp³-hybridized carbons (Fsp3) is 0.316. The van der Waals surface area contributed by atoms with E-state index in [2.05, 4.69) is 53.5 Å². The fourth-order valence-corrected chi connectivity index (χ4v) is 2.57. The number of amides is 1. The summed E-state index contributed by atoms with van der Waals surface area (Å²) in [5, 5.41) is 2.84. The number of nitrogens with one attached hydrogen (secondary N) is 1. The molecule has 0 aliphatic carbocycles. The van der Waals surface area contributed by atoms with Crippen molar-refractivity contribution in [2.75, 3.05) is 23.3 Å². The first-order chi connectivity index (χ1) is 10.7. The molecule has 0 fully saturated rings. The van der Waals surface area contributed by atoms with Crippen LogP contribution < -0.4 is 10.2 Å². The molecule has 1 amide bonds. The summed E-state index contributed by atoms with van der Waals surface area (Å²) in [6.45, 7) is 5.66. The molecule has 0 radical (unpaired) electrons. The third-order valence-electron chi connectivity index (χ3n) is 3.65. The maximum atomic E-state index is 11.2. The Labute approximate surface area is 133 Å². The van der Waals surface area contributed by atoms with Gasteiger partial charge in [-0.2, -0.15) is 0 Å². The minimum Gasteiger partial charge on any atom is -0.372 e. The van der Waals surface area contributed by atoms with Crippen molar-refractivity contribution in [2.45, 2.75) is 26.7 Å². The van der Waals surface area contributed by atoms with E-state index in [0.29, 0.717) is 0 Å². The molecule has 0 spiro atoms. The molecule has 2 rings (SSSR count). The molecule has 0 saturated heterocycles. The van der Waals surface area contributed by atoms with Crippen LogP contribution in [0.4, 0.5) is 11.4 Å². The molecule has 2 aromatic carbocycles. The van der Waals surface area contributed by atoms with Gasteiger partial charge in [0, 0.05) is 31.4 Å². The summed E-state index contributed by atoms with van der Waals surface area (Å²) in [4.78, 5) is 13.5. The van der Waals surface area contributed by atoms with E-state index in [1.807, 2.05) is 18.2 Å². The molecule has 22 heavy (non-hydrogen) atoms. The van der Waals surface area contributed by atoms with Crippen LogP contribution in [0.15, 0.2) is 54.6 Å². The molecular weight excluding hydrogens is 272 g/mol. The molecular formula is C19H24N2O. The van der Waals surface area contributed by atoms with Gasteiger partial charge in [0.25, 0.3) is 0 Å². The Kier molecular flexibility index (Phi) is 6.01. The number of hydrogen-bond donors (Lipinski definition) is 1. The average Bonchev–Trinajstić information content (AvgIpc) is 2.52. The van der Waals surface area contributed by atoms with Gasteiger partial charge in [0.1, 0.15) is 0 Å². The van der Waals surface area contributed by atoms with Crippen LogP contribution in [-0.4, -0.2) is 19.0 Å². The lowest BCUT2D eigenvalue weighted by atomic mass is 10.1. The lowest BCUT2D eigenvalue weighted by Crippen LogP contribution is -2.24. The Hall–Kier alpha value is -2.29. The maximum Gasteiger partial charge on any atom is 0.221 e. The molecule has 116 valence electrons. The number of carbonyl (C=O) groups is 1. The second-order valence-electron chi connectivity index (χ2n) is 5.40. The predicted molar refractivity (Wildman–Crippen MR) is 93.4 cm³/mol. The van der Waals surface area contributed by atoms with Crippen LogP contribution in [0, 0.1) is 0 Å². The fourth-order valence-electron chi connectivity index (χ4n) is 2.57. The number of rotatable bonds is 7. The summed E-state index contributed by atoms with van der Waals surface area (Å²) >= 11 is 0. The smallest absolute Gasteiger partial charge is 0.221 e. The third kappa shape index (κ3) is 4.92. The van der Waals surface area contributed by atoms with Crippen LogP contribution in [0.3, 0.4) is 0 Å².